The fraction of sp³-hybridized carbons (Fsp3) is 0.500. The molecule has 0 saturated carbocycles. The second-order valence-electron chi connectivity index (χ2n) is 2.92. The molecule has 1 aliphatic rings. The van der Waals surface area contributed by atoms with Crippen LogP contribution in [-0.4, -0.2) is 27.2 Å². The lowest BCUT2D eigenvalue weighted by Gasteiger charge is -2.08. The third-order valence-electron chi connectivity index (χ3n) is 2.05. The van der Waals surface area contributed by atoms with Crippen LogP contribution in [0, 0.1) is 4.77 Å². The van der Waals surface area contributed by atoms with Gasteiger partial charge in [-0.3, -0.25) is 9.36 Å². The number of H-pyrrole nitrogens is 1. The highest BCUT2D eigenvalue weighted by atomic mass is 32.1. The number of nitrogen functional groups attached to an aromatic ring is 1. The molecule has 1 unspecified atom stereocenters. The van der Waals surface area contributed by atoms with Gasteiger partial charge in [0.25, 0.3) is 0 Å². The Kier molecular flexibility index (Phi) is 1.80. The third-order valence-corrected chi connectivity index (χ3v) is 2.34. The molecular weight excluding hydrogens is 190 g/mol. The quantitative estimate of drug-likeness (QED) is 0.536. The van der Waals surface area contributed by atoms with E-state index in [1.807, 2.05) is 0 Å². The molecule has 1 fully saturated rings. The molecule has 1 saturated heterocycles. The van der Waals surface area contributed by atoms with Crippen molar-refractivity contribution in [2.24, 2.45) is 0 Å². The van der Waals surface area contributed by atoms with Crippen LogP contribution < -0.4 is 11.1 Å². The number of nitrogens with two attached hydrogens (primary N) is 1. The molecule has 1 aromatic rings. The van der Waals surface area contributed by atoms with Crippen LogP contribution in [0.5, 0.6) is 0 Å². The van der Waals surface area contributed by atoms with Crippen LogP contribution in [0.1, 0.15) is 12.5 Å². The third kappa shape index (κ3) is 1.31. The maximum absolute atomic E-state index is 10.9. The summed E-state index contributed by atoms with van der Waals surface area (Å²) in [6, 6.07) is -0.00116. The number of hydrogen-bond donors (Lipinski definition) is 3. The first-order valence-electron chi connectivity index (χ1n) is 3.87. The van der Waals surface area contributed by atoms with Crippen LogP contribution >= 0.6 is 12.2 Å². The van der Waals surface area contributed by atoms with E-state index in [1.54, 1.807) is 4.57 Å². The zero-order valence-electron chi connectivity index (χ0n) is 6.78. The van der Waals surface area contributed by atoms with Gasteiger partial charge in [-0.25, -0.2) is 5.10 Å². The highest BCUT2D eigenvalue weighted by Gasteiger charge is 2.25. The molecule has 2 rings (SSSR count). The largest absolute Gasteiger partial charge is 0.368 e. The van der Waals surface area contributed by atoms with Crippen LogP contribution in [0.2, 0.25) is 0 Å². The summed E-state index contributed by atoms with van der Waals surface area (Å²) in [7, 11) is 0. The topological polar surface area (TPSA) is 88.7 Å². The molecule has 0 spiro atoms. The molecule has 0 aliphatic carbocycles. The number of rotatable bonds is 1. The Balaban J connectivity index is 2.35. The number of carbonyl (C=O) groups is 1. The van der Waals surface area contributed by atoms with E-state index in [0.29, 0.717) is 23.7 Å². The van der Waals surface area contributed by atoms with Crippen molar-refractivity contribution in [1.82, 2.24) is 20.1 Å². The molecule has 1 aromatic heterocycles. The SMILES string of the molecule is Nc1n[nH]c(=S)n1C1CNC(=O)C1. The fourth-order valence-electron chi connectivity index (χ4n) is 1.44. The van der Waals surface area contributed by atoms with Crippen molar-refractivity contribution in [3.63, 3.8) is 0 Å². The van der Waals surface area contributed by atoms with E-state index in [9.17, 15) is 4.79 Å². The summed E-state index contributed by atoms with van der Waals surface area (Å²) < 4.78 is 2.12. The lowest BCUT2D eigenvalue weighted by molar-refractivity contribution is -0.119. The van der Waals surface area contributed by atoms with E-state index >= 15 is 0 Å². The smallest absolute Gasteiger partial charge is 0.222 e. The van der Waals surface area contributed by atoms with E-state index in [4.69, 9.17) is 18.0 Å². The monoisotopic (exact) mass is 199 g/mol. The second kappa shape index (κ2) is 2.84. The highest BCUT2D eigenvalue weighted by Crippen LogP contribution is 2.18. The molecule has 4 N–H and O–H groups in total. The minimum Gasteiger partial charge on any atom is -0.368 e. The van der Waals surface area contributed by atoms with Gasteiger partial charge in [-0.2, -0.15) is 0 Å². The number of amides is 1. The summed E-state index contributed by atoms with van der Waals surface area (Å²) in [5, 5.41) is 9.06. The van der Waals surface area contributed by atoms with Gasteiger partial charge < -0.3 is 11.1 Å². The molecule has 1 atom stereocenters. The van der Waals surface area contributed by atoms with Crippen LogP contribution in [0.4, 0.5) is 5.95 Å². The summed E-state index contributed by atoms with van der Waals surface area (Å²) in [5.41, 5.74) is 5.58. The first kappa shape index (κ1) is 8.24. The first-order chi connectivity index (χ1) is 6.18. The van der Waals surface area contributed by atoms with Crippen molar-refractivity contribution < 1.29 is 4.79 Å². The van der Waals surface area contributed by atoms with Crippen molar-refractivity contribution in [3.05, 3.63) is 4.77 Å². The van der Waals surface area contributed by atoms with E-state index < -0.39 is 0 Å². The van der Waals surface area contributed by atoms with Gasteiger partial charge in [0.15, 0.2) is 4.77 Å². The van der Waals surface area contributed by atoms with E-state index in [1.165, 1.54) is 0 Å². The van der Waals surface area contributed by atoms with Gasteiger partial charge in [0.05, 0.1) is 6.04 Å². The predicted octanol–water partition coefficient (Wildman–Crippen LogP) is -0.416. The number of carbonyl (C=O) groups excluding carboxylic acids is 1. The van der Waals surface area contributed by atoms with Crippen molar-refractivity contribution in [2.45, 2.75) is 12.5 Å². The molecule has 1 aliphatic heterocycles. The molecule has 2 heterocycles. The normalized spacial score (nSPS) is 21.8. The van der Waals surface area contributed by atoms with Crippen molar-refractivity contribution in [2.75, 3.05) is 12.3 Å². The molecule has 0 aromatic carbocycles. The van der Waals surface area contributed by atoms with Crippen molar-refractivity contribution in [3.8, 4) is 0 Å². The molecule has 6 nitrogen and oxygen atoms in total. The minimum absolute atomic E-state index is 0.00116. The number of anilines is 1. The van der Waals surface area contributed by atoms with Crippen LogP contribution in [0.15, 0.2) is 0 Å². The Morgan fingerprint density at radius 2 is 2.46 bits per heavy atom. The number of nitrogens with one attached hydrogen (secondary N) is 2. The molecule has 0 bridgehead atoms. The Bertz CT molecular complexity index is 394. The lowest BCUT2D eigenvalue weighted by Crippen LogP contribution is -2.16. The summed E-state index contributed by atoms with van der Waals surface area (Å²) in [4.78, 5) is 10.9. The minimum atomic E-state index is -0.00116. The maximum atomic E-state index is 10.9. The van der Waals surface area contributed by atoms with Gasteiger partial charge in [0.1, 0.15) is 0 Å². The zero-order valence-corrected chi connectivity index (χ0v) is 7.60. The summed E-state index contributed by atoms with van der Waals surface area (Å²) in [6.45, 7) is 0.566. The van der Waals surface area contributed by atoms with Gasteiger partial charge in [-0.15, -0.1) is 5.10 Å². The highest BCUT2D eigenvalue weighted by molar-refractivity contribution is 7.71. The van der Waals surface area contributed by atoms with E-state index in [-0.39, 0.29) is 11.9 Å². The number of aromatic nitrogens is 3. The molecule has 0 radical (unpaired) electrons. The van der Waals surface area contributed by atoms with Crippen LogP contribution in [0.3, 0.4) is 0 Å². The number of hydrogen-bond acceptors (Lipinski definition) is 4. The lowest BCUT2D eigenvalue weighted by atomic mass is 10.2. The van der Waals surface area contributed by atoms with Crippen LogP contribution in [-0.2, 0) is 4.79 Å². The van der Waals surface area contributed by atoms with Gasteiger partial charge in [-0.05, 0) is 12.2 Å². The summed E-state index contributed by atoms with van der Waals surface area (Å²) in [5.74, 6) is 0.346. The first-order valence-corrected chi connectivity index (χ1v) is 4.28. The number of nitrogens with zero attached hydrogens (tertiary/aromatic N) is 2. The maximum Gasteiger partial charge on any atom is 0.222 e. The average Bonchev–Trinajstić information content (AvgIpc) is 2.60. The van der Waals surface area contributed by atoms with Gasteiger partial charge >= 0.3 is 0 Å². The predicted molar refractivity (Wildman–Crippen MR) is 48.5 cm³/mol. The van der Waals surface area contributed by atoms with Gasteiger partial charge in [0, 0.05) is 13.0 Å². The molecule has 70 valence electrons. The van der Waals surface area contributed by atoms with Crippen molar-refractivity contribution in [1.29, 1.82) is 0 Å². The Hall–Kier alpha value is -1.37. The fourth-order valence-corrected chi connectivity index (χ4v) is 1.73. The second-order valence-corrected chi connectivity index (χ2v) is 3.31. The van der Waals surface area contributed by atoms with Gasteiger partial charge in [-0.1, -0.05) is 0 Å². The molecule has 7 heteroatoms. The standard InChI is InChI=1S/C6H9N5OS/c7-5-9-10-6(13)11(5)3-1-4(12)8-2-3/h3H,1-2H2,(H2,7,9)(H,8,12)(H,10,13). The summed E-state index contributed by atoms with van der Waals surface area (Å²) >= 11 is 4.97. The Morgan fingerprint density at radius 3 is 2.92 bits per heavy atom. The zero-order chi connectivity index (χ0) is 9.42. The Labute approximate surface area is 79.1 Å². The Morgan fingerprint density at radius 1 is 1.69 bits per heavy atom. The molecule has 1 amide bonds. The molecular formula is C6H9N5OS. The van der Waals surface area contributed by atoms with E-state index in [2.05, 4.69) is 15.5 Å². The molecule has 13 heavy (non-hydrogen) atoms. The average molecular weight is 199 g/mol. The van der Waals surface area contributed by atoms with Crippen molar-refractivity contribution >= 4 is 24.1 Å². The van der Waals surface area contributed by atoms with Gasteiger partial charge in [0.2, 0.25) is 11.9 Å². The van der Waals surface area contributed by atoms with E-state index in [0.717, 1.165) is 0 Å². The van der Waals surface area contributed by atoms with Crippen LogP contribution in [0.25, 0.3) is 0 Å². The summed E-state index contributed by atoms with van der Waals surface area (Å²) in [6.07, 6.45) is 0.415. The number of aromatic amines is 1.